The molecule has 148 valence electrons. The predicted octanol–water partition coefficient (Wildman–Crippen LogP) is 4.91. The number of nitrogens with one attached hydrogen (secondary N) is 1. The Kier molecular flexibility index (Phi) is 4.82. The van der Waals surface area contributed by atoms with Gasteiger partial charge in [0.25, 0.3) is 5.91 Å². The summed E-state index contributed by atoms with van der Waals surface area (Å²) in [6, 6.07) is 20.9. The largest absolute Gasteiger partial charge is 0.457 e. The van der Waals surface area contributed by atoms with Gasteiger partial charge in [0.15, 0.2) is 5.76 Å². The summed E-state index contributed by atoms with van der Waals surface area (Å²) in [7, 11) is 0. The molecule has 0 saturated carbocycles. The molecule has 3 saturated heterocycles. The molecule has 3 aliphatic heterocycles. The molecule has 2 aromatic carbocycles. The predicted molar refractivity (Wildman–Crippen MR) is 111 cm³/mol. The second-order valence-corrected chi connectivity index (χ2v) is 7.78. The van der Waals surface area contributed by atoms with Crippen LogP contribution in [0.5, 0.6) is 11.5 Å². The smallest absolute Gasteiger partial charge is 0.288 e. The third kappa shape index (κ3) is 3.78. The number of hydrogen-bond acceptors (Lipinski definition) is 4. The topological polar surface area (TPSA) is 54.7 Å². The van der Waals surface area contributed by atoms with Gasteiger partial charge in [-0.3, -0.25) is 9.69 Å². The fraction of sp³-hybridized carbons (Fsp3) is 0.292. The van der Waals surface area contributed by atoms with Gasteiger partial charge >= 0.3 is 0 Å². The van der Waals surface area contributed by atoms with E-state index < -0.39 is 0 Å². The summed E-state index contributed by atoms with van der Waals surface area (Å²) in [4.78, 5) is 15.1. The fourth-order valence-corrected chi connectivity index (χ4v) is 4.32. The number of hydrogen-bond donors (Lipinski definition) is 1. The monoisotopic (exact) mass is 388 g/mol. The molecule has 0 spiro atoms. The van der Waals surface area contributed by atoms with Crippen molar-refractivity contribution in [1.82, 2.24) is 10.2 Å². The Labute approximate surface area is 170 Å². The van der Waals surface area contributed by atoms with Gasteiger partial charge in [-0.25, -0.2) is 0 Å². The van der Waals surface area contributed by atoms with E-state index in [9.17, 15) is 4.79 Å². The van der Waals surface area contributed by atoms with E-state index in [1.54, 1.807) is 6.07 Å². The zero-order chi connectivity index (χ0) is 19.6. The maximum atomic E-state index is 12.7. The molecule has 1 unspecified atom stereocenters. The summed E-state index contributed by atoms with van der Waals surface area (Å²) in [5.41, 5.74) is 0.816. The molecule has 1 atom stereocenters. The average Bonchev–Trinajstić information content (AvgIpc) is 3.26. The van der Waals surface area contributed by atoms with Crippen molar-refractivity contribution in [2.75, 3.05) is 13.1 Å². The molecule has 1 aromatic heterocycles. The molecule has 6 rings (SSSR count). The number of carbonyl (C=O) groups is 1. The molecule has 3 fully saturated rings. The summed E-state index contributed by atoms with van der Waals surface area (Å²) in [6.07, 6.45) is 3.65. The molecule has 1 N–H and O–H groups in total. The molecule has 3 aliphatic rings. The quantitative estimate of drug-likeness (QED) is 0.675. The molecule has 2 bridgehead atoms. The molecule has 0 radical (unpaired) electrons. The second-order valence-electron chi connectivity index (χ2n) is 7.78. The van der Waals surface area contributed by atoms with Crippen molar-refractivity contribution >= 4 is 5.91 Å². The first kappa shape index (κ1) is 18.0. The van der Waals surface area contributed by atoms with Crippen molar-refractivity contribution in [3.8, 4) is 22.8 Å². The number of fused-ring (bicyclic) bond motifs is 3. The Hall–Kier alpha value is -3.05. The van der Waals surface area contributed by atoms with Gasteiger partial charge in [-0.2, -0.15) is 0 Å². The van der Waals surface area contributed by atoms with Crippen LogP contribution in [0.25, 0.3) is 11.3 Å². The highest BCUT2D eigenvalue weighted by Crippen LogP contribution is 2.34. The van der Waals surface area contributed by atoms with Crippen molar-refractivity contribution in [2.45, 2.75) is 25.4 Å². The van der Waals surface area contributed by atoms with E-state index in [4.69, 9.17) is 9.15 Å². The lowest BCUT2D eigenvalue weighted by atomic mass is 9.86. The minimum atomic E-state index is -0.157. The summed E-state index contributed by atoms with van der Waals surface area (Å²) in [6.45, 7) is 2.15. The lowest BCUT2D eigenvalue weighted by molar-refractivity contribution is 0.0286. The van der Waals surface area contributed by atoms with Crippen LogP contribution >= 0.6 is 0 Å². The standard InChI is InChI=1S/C24H24N2O3/c27-24(25-23-16-17-12-14-26(23)15-13-17)22-11-10-21(29-22)19-8-4-5-9-20(19)28-18-6-2-1-3-7-18/h1-11,17,23H,12-16H2,(H,25,27). The molecule has 3 aromatic rings. The maximum absolute atomic E-state index is 12.7. The molecule has 1 amide bonds. The number of carbonyl (C=O) groups excluding carboxylic acids is 1. The lowest BCUT2D eigenvalue weighted by Gasteiger charge is -2.45. The van der Waals surface area contributed by atoms with Crippen LogP contribution < -0.4 is 10.1 Å². The lowest BCUT2D eigenvalue weighted by Crippen LogP contribution is -2.56. The molecule has 4 heterocycles. The van der Waals surface area contributed by atoms with Gasteiger partial charge in [-0.05, 0) is 61.6 Å². The van der Waals surface area contributed by atoms with E-state index in [1.165, 1.54) is 12.8 Å². The van der Waals surface area contributed by atoms with E-state index >= 15 is 0 Å². The average molecular weight is 388 g/mol. The van der Waals surface area contributed by atoms with Gasteiger partial charge < -0.3 is 14.5 Å². The molecule has 5 nitrogen and oxygen atoms in total. The van der Waals surface area contributed by atoms with Crippen LogP contribution in [0, 0.1) is 5.92 Å². The van der Waals surface area contributed by atoms with Crippen LogP contribution in [-0.4, -0.2) is 30.1 Å². The van der Waals surface area contributed by atoms with Crippen molar-refractivity contribution in [3.05, 3.63) is 72.5 Å². The van der Waals surface area contributed by atoms with Crippen LogP contribution in [0.1, 0.15) is 29.8 Å². The van der Waals surface area contributed by atoms with Crippen molar-refractivity contribution in [3.63, 3.8) is 0 Å². The summed E-state index contributed by atoms with van der Waals surface area (Å²) < 4.78 is 11.9. The number of benzene rings is 2. The van der Waals surface area contributed by atoms with Crippen LogP contribution in [0.2, 0.25) is 0 Å². The Morgan fingerprint density at radius 2 is 1.72 bits per heavy atom. The minimum Gasteiger partial charge on any atom is -0.457 e. The molecular weight excluding hydrogens is 364 g/mol. The minimum absolute atomic E-state index is 0.122. The molecular formula is C24H24N2O3. The molecule has 5 heteroatoms. The Bertz CT molecular complexity index is 990. The third-order valence-corrected chi connectivity index (χ3v) is 5.90. The van der Waals surface area contributed by atoms with E-state index in [0.29, 0.717) is 17.3 Å². The molecule has 0 aliphatic carbocycles. The SMILES string of the molecule is O=C(NC1CC2CCN1CC2)c1ccc(-c2ccccc2Oc2ccccc2)o1. The van der Waals surface area contributed by atoms with E-state index in [1.807, 2.05) is 60.7 Å². The Morgan fingerprint density at radius 1 is 0.966 bits per heavy atom. The number of amides is 1. The van der Waals surface area contributed by atoms with Gasteiger partial charge in [-0.15, -0.1) is 0 Å². The van der Waals surface area contributed by atoms with Crippen LogP contribution in [0.4, 0.5) is 0 Å². The van der Waals surface area contributed by atoms with E-state index in [-0.39, 0.29) is 12.1 Å². The zero-order valence-electron chi connectivity index (χ0n) is 16.2. The van der Waals surface area contributed by atoms with Gasteiger partial charge in [0.2, 0.25) is 0 Å². The first-order chi connectivity index (χ1) is 14.3. The van der Waals surface area contributed by atoms with Crippen molar-refractivity contribution in [2.24, 2.45) is 5.92 Å². The highest BCUT2D eigenvalue weighted by molar-refractivity contribution is 5.92. The van der Waals surface area contributed by atoms with Crippen LogP contribution in [0.3, 0.4) is 0 Å². The summed E-state index contributed by atoms with van der Waals surface area (Å²) in [5.74, 6) is 2.97. The highest BCUT2D eigenvalue weighted by Gasteiger charge is 2.34. The summed E-state index contributed by atoms with van der Waals surface area (Å²) >= 11 is 0. The second kappa shape index (κ2) is 7.76. The third-order valence-electron chi connectivity index (χ3n) is 5.90. The number of nitrogens with zero attached hydrogens (tertiary/aromatic N) is 1. The number of furan rings is 1. The normalized spacial score (nSPS) is 23.0. The molecule has 29 heavy (non-hydrogen) atoms. The first-order valence-corrected chi connectivity index (χ1v) is 10.2. The van der Waals surface area contributed by atoms with Crippen LogP contribution in [-0.2, 0) is 0 Å². The van der Waals surface area contributed by atoms with Gasteiger partial charge in [0, 0.05) is 13.1 Å². The number of rotatable bonds is 5. The number of ether oxygens (including phenoxy) is 1. The van der Waals surface area contributed by atoms with Gasteiger partial charge in [0.1, 0.15) is 17.3 Å². The van der Waals surface area contributed by atoms with Gasteiger partial charge in [-0.1, -0.05) is 30.3 Å². The highest BCUT2D eigenvalue weighted by atomic mass is 16.5. The van der Waals surface area contributed by atoms with Crippen molar-refractivity contribution in [1.29, 1.82) is 0 Å². The maximum Gasteiger partial charge on any atom is 0.288 e. The zero-order valence-corrected chi connectivity index (χ0v) is 16.2. The van der Waals surface area contributed by atoms with Crippen LogP contribution in [0.15, 0.2) is 71.1 Å². The first-order valence-electron chi connectivity index (χ1n) is 10.2. The fourth-order valence-electron chi connectivity index (χ4n) is 4.32. The van der Waals surface area contributed by atoms with Crippen molar-refractivity contribution < 1.29 is 13.9 Å². The number of para-hydroxylation sites is 2. The van der Waals surface area contributed by atoms with E-state index in [2.05, 4.69) is 10.2 Å². The van der Waals surface area contributed by atoms with Gasteiger partial charge in [0.05, 0.1) is 11.7 Å². The Balaban J connectivity index is 1.33. The number of piperidine rings is 3. The van der Waals surface area contributed by atoms with E-state index in [0.717, 1.165) is 36.7 Å². The summed E-state index contributed by atoms with van der Waals surface area (Å²) in [5, 5.41) is 3.15. The Morgan fingerprint density at radius 3 is 2.48 bits per heavy atom.